The van der Waals surface area contributed by atoms with Crippen molar-refractivity contribution in [2.24, 2.45) is 4.99 Å². The maximum atomic E-state index is 4.56. The number of thiophene rings is 1. The van der Waals surface area contributed by atoms with Gasteiger partial charge in [0.1, 0.15) is 0 Å². The van der Waals surface area contributed by atoms with E-state index in [1.54, 1.807) is 11.3 Å². The van der Waals surface area contributed by atoms with Gasteiger partial charge >= 0.3 is 0 Å². The molecular formula is C10H12Br2N2S2. The van der Waals surface area contributed by atoms with E-state index in [1.807, 2.05) is 11.8 Å². The molecule has 1 aromatic rings. The number of thioether (sulfide) groups is 1. The largest absolute Gasteiger partial charge is 0.350 e. The van der Waals surface area contributed by atoms with Gasteiger partial charge in [-0.05, 0) is 32.9 Å². The molecule has 0 amide bonds. The Bertz CT molecular complexity index is 392. The van der Waals surface area contributed by atoms with E-state index < -0.39 is 0 Å². The summed E-state index contributed by atoms with van der Waals surface area (Å²) in [6.45, 7) is 1.87. The van der Waals surface area contributed by atoms with Crippen molar-refractivity contribution in [3.63, 3.8) is 0 Å². The second-order valence-corrected chi connectivity index (χ2v) is 7.84. The van der Waals surface area contributed by atoms with Crippen LogP contribution in [-0.4, -0.2) is 34.2 Å². The van der Waals surface area contributed by atoms with Gasteiger partial charge in [-0.2, -0.15) is 0 Å². The first-order valence-electron chi connectivity index (χ1n) is 4.90. The minimum absolute atomic E-state index is 0.603. The fraction of sp³-hybridized carbons (Fsp3) is 0.500. The molecule has 1 aliphatic rings. The van der Waals surface area contributed by atoms with Crippen LogP contribution < -0.4 is 0 Å². The third kappa shape index (κ3) is 3.24. The van der Waals surface area contributed by atoms with Crippen LogP contribution in [0.15, 0.2) is 20.2 Å². The van der Waals surface area contributed by atoms with Crippen LogP contribution in [0.1, 0.15) is 5.56 Å². The lowest BCUT2D eigenvalue weighted by Crippen LogP contribution is -2.22. The Morgan fingerprint density at radius 1 is 1.62 bits per heavy atom. The lowest BCUT2D eigenvalue weighted by Gasteiger charge is -2.17. The minimum Gasteiger partial charge on any atom is -0.350 e. The molecule has 2 nitrogen and oxygen atoms in total. The molecule has 0 N–H and O–H groups in total. The molecule has 1 unspecified atom stereocenters. The van der Waals surface area contributed by atoms with Gasteiger partial charge in [-0.25, -0.2) is 0 Å². The van der Waals surface area contributed by atoms with Crippen molar-refractivity contribution >= 4 is 60.1 Å². The predicted octanol–water partition coefficient (Wildman–Crippen LogP) is 3.81. The highest BCUT2D eigenvalue weighted by Gasteiger charge is 2.21. The second kappa shape index (κ2) is 5.89. The first kappa shape index (κ1) is 12.9. The number of rotatable bonds is 3. The minimum atomic E-state index is 0.603. The molecule has 0 bridgehead atoms. The van der Waals surface area contributed by atoms with E-state index in [1.165, 1.54) is 9.35 Å². The highest BCUT2D eigenvalue weighted by Crippen LogP contribution is 2.26. The van der Waals surface area contributed by atoms with Crippen molar-refractivity contribution in [2.75, 3.05) is 18.9 Å². The van der Waals surface area contributed by atoms with E-state index in [0.717, 1.165) is 23.6 Å². The molecule has 0 spiro atoms. The van der Waals surface area contributed by atoms with Crippen LogP contribution >= 0.6 is 55.0 Å². The van der Waals surface area contributed by atoms with Gasteiger partial charge in [0.25, 0.3) is 0 Å². The number of halogens is 2. The molecule has 0 radical (unpaired) electrons. The molecule has 16 heavy (non-hydrogen) atoms. The normalized spacial score (nSPS) is 19.9. The van der Waals surface area contributed by atoms with Crippen LogP contribution in [0.5, 0.6) is 0 Å². The summed E-state index contributed by atoms with van der Waals surface area (Å²) >= 11 is 10.6. The third-order valence-electron chi connectivity index (χ3n) is 2.24. The van der Waals surface area contributed by atoms with Crippen LogP contribution in [0, 0.1) is 0 Å². The number of alkyl halides is 1. The molecule has 0 saturated heterocycles. The summed E-state index contributed by atoms with van der Waals surface area (Å²) in [5, 5.41) is 4.96. The monoisotopic (exact) mass is 382 g/mol. The van der Waals surface area contributed by atoms with E-state index >= 15 is 0 Å². The predicted molar refractivity (Wildman–Crippen MR) is 81.0 cm³/mol. The van der Waals surface area contributed by atoms with Crippen molar-refractivity contribution in [3.8, 4) is 0 Å². The highest BCUT2D eigenvalue weighted by molar-refractivity contribution is 9.11. The lowest BCUT2D eigenvalue weighted by molar-refractivity contribution is 0.511. The third-order valence-corrected chi connectivity index (χ3v) is 6.31. The summed E-state index contributed by atoms with van der Waals surface area (Å²) < 4.78 is 1.19. The van der Waals surface area contributed by atoms with E-state index in [0.29, 0.717) is 5.25 Å². The topological polar surface area (TPSA) is 15.6 Å². The lowest BCUT2D eigenvalue weighted by atomic mass is 10.3. The summed E-state index contributed by atoms with van der Waals surface area (Å²) in [5.74, 6) is 0. The highest BCUT2D eigenvalue weighted by atomic mass is 79.9. The standard InChI is InChI=1S/C10H12Br2N2S2/c1-14(5-7-2-9(12)15-6-7)10-13-4-8(3-11)16-10/h2,6,8H,3-5H2,1H3. The van der Waals surface area contributed by atoms with Gasteiger partial charge in [0.05, 0.1) is 10.3 Å². The van der Waals surface area contributed by atoms with E-state index in [2.05, 4.69) is 60.2 Å². The zero-order valence-corrected chi connectivity index (χ0v) is 13.6. The molecule has 2 rings (SSSR count). The summed E-state index contributed by atoms with van der Waals surface area (Å²) in [7, 11) is 2.11. The van der Waals surface area contributed by atoms with Crippen LogP contribution in [0.3, 0.4) is 0 Å². The van der Waals surface area contributed by atoms with Gasteiger partial charge < -0.3 is 4.90 Å². The first-order valence-corrected chi connectivity index (χ1v) is 8.57. The van der Waals surface area contributed by atoms with Gasteiger partial charge in [-0.15, -0.1) is 11.3 Å². The van der Waals surface area contributed by atoms with Crippen LogP contribution in [0.25, 0.3) is 0 Å². The van der Waals surface area contributed by atoms with Crippen LogP contribution in [0.4, 0.5) is 0 Å². The van der Waals surface area contributed by atoms with Gasteiger partial charge in [0.15, 0.2) is 5.17 Å². The summed E-state index contributed by atoms with van der Waals surface area (Å²) in [6.07, 6.45) is 0. The van der Waals surface area contributed by atoms with Gasteiger partial charge in [0.2, 0.25) is 0 Å². The van der Waals surface area contributed by atoms with E-state index in [9.17, 15) is 0 Å². The summed E-state index contributed by atoms with van der Waals surface area (Å²) in [5.41, 5.74) is 1.34. The first-order chi connectivity index (χ1) is 7.69. The fourth-order valence-electron chi connectivity index (χ4n) is 1.46. The quantitative estimate of drug-likeness (QED) is 0.737. The fourth-order valence-corrected chi connectivity index (χ4v) is 4.17. The maximum Gasteiger partial charge on any atom is 0.159 e. The van der Waals surface area contributed by atoms with Crippen LogP contribution in [-0.2, 0) is 6.54 Å². The molecule has 0 aliphatic carbocycles. The van der Waals surface area contributed by atoms with Crippen molar-refractivity contribution in [2.45, 2.75) is 11.8 Å². The molecule has 1 aromatic heterocycles. The molecule has 0 fully saturated rings. The van der Waals surface area contributed by atoms with Crippen molar-refractivity contribution in [3.05, 3.63) is 20.8 Å². The summed E-state index contributed by atoms with van der Waals surface area (Å²) in [4.78, 5) is 6.78. The van der Waals surface area contributed by atoms with Crippen LogP contribution in [0.2, 0.25) is 0 Å². The zero-order valence-electron chi connectivity index (χ0n) is 8.82. The Labute approximate surface area is 121 Å². The van der Waals surface area contributed by atoms with E-state index in [4.69, 9.17) is 0 Å². The molecular weight excluding hydrogens is 372 g/mol. The SMILES string of the molecule is CN(Cc1csc(Br)c1)C1=NCC(CBr)S1. The Morgan fingerprint density at radius 2 is 2.44 bits per heavy atom. The van der Waals surface area contributed by atoms with E-state index in [-0.39, 0.29) is 0 Å². The Morgan fingerprint density at radius 3 is 3.00 bits per heavy atom. The average Bonchev–Trinajstić information content (AvgIpc) is 2.87. The van der Waals surface area contributed by atoms with Crippen molar-refractivity contribution in [1.29, 1.82) is 0 Å². The molecule has 6 heteroatoms. The van der Waals surface area contributed by atoms with Gasteiger partial charge in [0, 0.05) is 24.2 Å². The Kier molecular flexibility index (Phi) is 4.76. The van der Waals surface area contributed by atoms with Crippen molar-refractivity contribution in [1.82, 2.24) is 4.90 Å². The molecule has 1 aliphatic heterocycles. The summed E-state index contributed by atoms with van der Waals surface area (Å²) in [6, 6.07) is 2.17. The number of nitrogens with zero attached hydrogens (tertiary/aromatic N) is 2. The molecule has 2 heterocycles. The van der Waals surface area contributed by atoms with Crippen molar-refractivity contribution < 1.29 is 0 Å². The molecule has 88 valence electrons. The Hall–Kier alpha value is 0.480. The maximum absolute atomic E-state index is 4.56. The number of aliphatic imine (C=N–C) groups is 1. The molecule has 1 atom stereocenters. The zero-order chi connectivity index (χ0) is 11.5. The molecule has 0 aromatic carbocycles. The average molecular weight is 384 g/mol. The number of amidine groups is 1. The Balaban J connectivity index is 1.91. The number of hydrogen-bond donors (Lipinski definition) is 0. The van der Waals surface area contributed by atoms with Gasteiger partial charge in [-0.3, -0.25) is 4.99 Å². The second-order valence-electron chi connectivity index (χ2n) is 3.63. The molecule has 0 saturated carbocycles. The number of hydrogen-bond acceptors (Lipinski definition) is 4. The van der Waals surface area contributed by atoms with Gasteiger partial charge in [-0.1, -0.05) is 27.7 Å². The smallest absolute Gasteiger partial charge is 0.159 e.